The maximum Gasteiger partial charge on any atom is 0.0376 e. The molecular formula is C18H23N. The molecule has 0 radical (unpaired) electrons. The summed E-state index contributed by atoms with van der Waals surface area (Å²) in [5, 5.41) is 3.57. The molecule has 0 saturated heterocycles. The van der Waals surface area contributed by atoms with Crippen LogP contribution in [0.15, 0.2) is 54.6 Å². The number of hydrogen-bond donors (Lipinski definition) is 1. The lowest BCUT2D eigenvalue weighted by atomic mass is 10.0. The second-order valence-corrected chi connectivity index (χ2v) is 4.95. The normalized spacial score (nSPS) is 10.4. The molecule has 0 aliphatic rings. The Morgan fingerprint density at radius 1 is 0.842 bits per heavy atom. The third-order valence-electron chi connectivity index (χ3n) is 3.35. The summed E-state index contributed by atoms with van der Waals surface area (Å²) in [6, 6.07) is 19.3. The number of benzene rings is 2. The van der Waals surface area contributed by atoms with Gasteiger partial charge in [0.1, 0.15) is 0 Å². The monoisotopic (exact) mass is 253 g/mol. The van der Waals surface area contributed by atoms with E-state index in [4.69, 9.17) is 0 Å². The molecule has 1 heteroatoms. The van der Waals surface area contributed by atoms with Gasteiger partial charge in [0.25, 0.3) is 0 Å². The van der Waals surface area contributed by atoms with Crippen LogP contribution in [-0.2, 0) is 6.42 Å². The molecular weight excluding hydrogens is 230 g/mol. The van der Waals surface area contributed by atoms with Crippen molar-refractivity contribution in [2.75, 3.05) is 11.9 Å². The fourth-order valence-electron chi connectivity index (χ4n) is 2.26. The highest BCUT2D eigenvalue weighted by atomic mass is 14.9. The highest BCUT2D eigenvalue weighted by Crippen LogP contribution is 2.19. The lowest BCUT2D eigenvalue weighted by Crippen LogP contribution is -2.04. The molecule has 1 nitrogen and oxygen atoms in total. The van der Waals surface area contributed by atoms with Gasteiger partial charge in [-0.1, -0.05) is 68.3 Å². The van der Waals surface area contributed by atoms with E-state index >= 15 is 0 Å². The molecule has 0 aliphatic carbocycles. The van der Waals surface area contributed by atoms with Crippen LogP contribution >= 0.6 is 0 Å². The Morgan fingerprint density at radius 3 is 2.37 bits per heavy atom. The minimum atomic E-state index is 0.998. The van der Waals surface area contributed by atoms with Gasteiger partial charge in [-0.15, -0.1) is 0 Å². The van der Waals surface area contributed by atoms with Gasteiger partial charge in [0.2, 0.25) is 0 Å². The smallest absolute Gasteiger partial charge is 0.0376 e. The molecule has 19 heavy (non-hydrogen) atoms. The molecule has 0 atom stereocenters. The first-order chi connectivity index (χ1) is 9.40. The van der Waals surface area contributed by atoms with Crippen molar-refractivity contribution < 1.29 is 0 Å². The Morgan fingerprint density at radius 2 is 1.58 bits per heavy atom. The molecule has 2 aromatic carbocycles. The van der Waals surface area contributed by atoms with Gasteiger partial charge >= 0.3 is 0 Å². The van der Waals surface area contributed by atoms with E-state index in [1.807, 2.05) is 0 Å². The molecule has 0 fully saturated rings. The average Bonchev–Trinajstić information content (AvgIpc) is 2.46. The number of nitrogens with one attached hydrogen (secondary N) is 1. The summed E-state index contributed by atoms with van der Waals surface area (Å²) in [6.45, 7) is 3.31. The van der Waals surface area contributed by atoms with Crippen LogP contribution in [-0.4, -0.2) is 6.54 Å². The van der Waals surface area contributed by atoms with Crippen LogP contribution in [0.3, 0.4) is 0 Å². The van der Waals surface area contributed by atoms with Crippen molar-refractivity contribution in [2.45, 2.75) is 32.6 Å². The zero-order chi connectivity index (χ0) is 13.3. The summed E-state index contributed by atoms with van der Waals surface area (Å²) in [5.41, 5.74) is 4.03. The van der Waals surface area contributed by atoms with Gasteiger partial charge in [-0.3, -0.25) is 0 Å². The van der Waals surface area contributed by atoms with Crippen LogP contribution in [0, 0.1) is 0 Å². The largest absolute Gasteiger partial charge is 0.385 e. The lowest BCUT2D eigenvalue weighted by Gasteiger charge is -2.12. The third kappa shape index (κ3) is 4.44. The summed E-state index contributed by atoms with van der Waals surface area (Å²) in [4.78, 5) is 0. The Kier molecular flexibility index (Phi) is 5.49. The van der Waals surface area contributed by atoms with E-state index in [2.05, 4.69) is 66.8 Å². The Hall–Kier alpha value is -1.76. The third-order valence-corrected chi connectivity index (χ3v) is 3.35. The van der Waals surface area contributed by atoms with E-state index in [1.165, 1.54) is 36.1 Å². The van der Waals surface area contributed by atoms with Crippen molar-refractivity contribution in [3.63, 3.8) is 0 Å². The van der Waals surface area contributed by atoms with Crippen LogP contribution < -0.4 is 5.32 Å². The van der Waals surface area contributed by atoms with Crippen LogP contribution in [0.25, 0.3) is 0 Å². The molecule has 0 unspecified atom stereocenters. The van der Waals surface area contributed by atoms with E-state index in [0.717, 1.165) is 13.0 Å². The number of anilines is 1. The van der Waals surface area contributed by atoms with Crippen LogP contribution in [0.2, 0.25) is 0 Å². The van der Waals surface area contributed by atoms with Crippen LogP contribution in [0.5, 0.6) is 0 Å². The van der Waals surface area contributed by atoms with E-state index in [1.54, 1.807) is 0 Å². The van der Waals surface area contributed by atoms with Gasteiger partial charge in [-0.2, -0.15) is 0 Å². The van der Waals surface area contributed by atoms with Gasteiger partial charge in [0, 0.05) is 12.2 Å². The minimum absolute atomic E-state index is 0.998. The predicted octanol–water partition coefficient (Wildman–Crippen LogP) is 4.88. The van der Waals surface area contributed by atoms with E-state index in [9.17, 15) is 0 Å². The van der Waals surface area contributed by atoms with E-state index in [-0.39, 0.29) is 0 Å². The van der Waals surface area contributed by atoms with Gasteiger partial charge in [-0.05, 0) is 30.0 Å². The molecule has 0 saturated carbocycles. The average molecular weight is 253 g/mol. The van der Waals surface area contributed by atoms with Crippen molar-refractivity contribution in [2.24, 2.45) is 0 Å². The maximum atomic E-state index is 3.57. The topological polar surface area (TPSA) is 12.0 Å². The van der Waals surface area contributed by atoms with E-state index < -0.39 is 0 Å². The predicted molar refractivity (Wildman–Crippen MR) is 83.7 cm³/mol. The SMILES string of the molecule is CCCCCNc1ccccc1Cc1ccccc1. The minimum Gasteiger partial charge on any atom is -0.385 e. The van der Waals surface area contributed by atoms with Crippen molar-refractivity contribution in [3.8, 4) is 0 Å². The fraction of sp³-hybridized carbons (Fsp3) is 0.333. The van der Waals surface area contributed by atoms with Crippen molar-refractivity contribution in [1.29, 1.82) is 0 Å². The Labute approximate surface area is 116 Å². The van der Waals surface area contributed by atoms with Crippen LogP contribution in [0.1, 0.15) is 37.3 Å². The first kappa shape index (κ1) is 13.7. The Balaban J connectivity index is 2.00. The molecule has 0 aromatic heterocycles. The molecule has 0 aliphatic heterocycles. The molecule has 0 spiro atoms. The Bertz CT molecular complexity index is 476. The lowest BCUT2D eigenvalue weighted by molar-refractivity contribution is 0.743. The van der Waals surface area contributed by atoms with Crippen molar-refractivity contribution in [3.05, 3.63) is 65.7 Å². The number of rotatable bonds is 7. The second-order valence-electron chi connectivity index (χ2n) is 4.95. The quantitative estimate of drug-likeness (QED) is 0.693. The molecule has 0 amide bonds. The summed E-state index contributed by atoms with van der Waals surface area (Å²) in [5.74, 6) is 0. The first-order valence-electron chi connectivity index (χ1n) is 7.26. The first-order valence-corrected chi connectivity index (χ1v) is 7.26. The van der Waals surface area contributed by atoms with Gasteiger partial charge in [-0.25, -0.2) is 0 Å². The highest BCUT2D eigenvalue weighted by molar-refractivity contribution is 5.52. The molecule has 2 aromatic rings. The molecule has 1 N–H and O–H groups in total. The fourth-order valence-corrected chi connectivity index (χ4v) is 2.26. The molecule has 100 valence electrons. The summed E-state index contributed by atoms with van der Waals surface area (Å²) >= 11 is 0. The molecule has 0 bridgehead atoms. The molecule has 0 heterocycles. The summed E-state index contributed by atoms with van der Waals surface area (Å²) in [7, 11) is 0. The maximum absolute atomic E-state index is 3.57. The number of hydrogen-bond acceptors (Lipinski definition) is 1. The van der Waals surface area contributed by atoms with Gasteiger partial charge < -0.3 is 5.32 Å². The summed E-state index contributed by atoms with van der Waals surface area (Å²) < 4.78 is 0. The number of para-hydroxylation sites is 1. The standard InChI is InChI=1S/C18H23N/c1-2-3-9-14-19-18-13-8-7-12-17(18)15-16-10-5-4-6-11-16/h4-8,10-13,19H,2-3,9,14-15H2,1H3. The van der Waals surface area contributed by atoms with Crippen molar-refractivity contribution in [1.82, 2.24) is 0 Å². The molecule has 2 rings (SSSR count). The van der Waals surface area contributed by atoms with Gasteiger partial charge in [0.15, 0.2) is 0 Å². The van der Waals surface area contributed by atoms with Crippen LogP contribution in [0.4, 0.5) is 5.69 Å². The van der Waals surface area contributed by atoms with Crippen molar-refractivity contribution >= 4 is 5.69 Å². The van der Waals surface area contributed by atoms with E-state index in [0.29, 0.717) is 0 Å². The van der Waals surface area contributed by atoms with Gasteiger partial charge in [0.05, 0.1) is 0 Å². The summed E-state index contributed by atoms with van der Waals surface area (Å²) in [6.07, 6.45) is 4.81. The second kappa shape index (κ2) is 7.63. The number of unbranched alkanes of at least 4 members (excludes halogenated alkanes) is 2. The zero-order valence-electron chi connectivity index (χ0n) is 11.7. The highest BCUT2D eigenvalue weighted by Gasteiger charge is 2.02. The zero-order valence-corrected chi connectivity index (χ0v) is 11.7.